The third-order valence-corrected chi connectivity index (χ3v) is 1.76. The molecule has 0 aliphatic carbocycles. The normalized spacial score (nSPS) is 11.8. The van der Waals surface area contributed by atoms with Gasteiger partial charge in [-0.25, -0.2) is 14.1 Å². The molecule has 0 unspecified atom stereocenters. The van der Waals surface area contributed by atoms with E-state index in [0.717, 1.165) is 6.07 Å². The van der Waals surface area contributed by atoms with Crippen LogP contribution in [0, 0.1) is 12.0 Å². The van der Waals surface area contributed by atoms with Crippen molar-refractivity contribution in [2.24, 2.45) is 0 Å². The van der Waals surface area contributed by atoms with Crippen LogP contribution in [0.5, 0.6) is 0 Å². The smallest absolute Gasteiger partial charge is 0.235 e. The van der Waals surface area contributed by atoms with Crippen LogP contribution in [0.1, 0.15) is 5.69 Å². The molecule has 3 nitrogen and oxygen atoms in total. The summed E-state index contributed by atoms with van der Waals surface area (Å²) in [5.41, 5.74) is -1.14. The van der Waals surface area contributed by atoms with Crippen molar-refractivity contribution in [3.05, 3.63) is 42.1 Å². The minimum Gasteiger partial charge on any atom is -0.235 e. The van der Waals surface area contributed by atoms with Crippen LogP contribution in [0.15, 0.2) is 24.4 Å². The molecule has 0 atom stereocenters. The highest BCUT2D eigenvalue weighted by Gasteiger charge is 2.34. The number of nitrogens with zero attached hydrogens (tertiary/aromatic N) is 3. The van der Waals surface area contributed by atoms with Gasteiger partial charge in [0.25, 0.3) is 0 Å². The lowest BCUT2D eigenvalue weighted by atomic mass is 10.4. The van der Waals surface area contributed by atoms with Gasteiger partial charge < -0.3 is 0 Å². The van der Waals surface area contributed by atoms with Crippen LogP contribution in [-0.4, -0.2) is 14.8 Å². The third kappa shape index (κ3) is 1.88. The molecule has 83 valence electrons. The SMILES string of the molecule is Fc1cccnc1-n1[c]cc(C(F)(F)F)n1. The van der Waals surface area contributed by atoms with Gasteiger partial charge in [0.2, 0.25) is 0 Å². The molecule has 0 fully saturated rings. The predicted molar refractivity (Wildman–Crippen MR) is 45.2 cm³/mol. The van der Waals surface area contributed by atoms with Gasteiger partial charge in [0.15, 0.2) is 17.3 Å². The summed E-state index contributed by atoms with van der Waals surface area (Å²) in [6, 6.07) is 3.03. The van der Waals surface area contributed by atoms with E-state index in [9.17, 15) is 17.6 Å². The average molecular weight is 230 g/mol. The van der Waals surface area contributed by atoms with E-state index in [-0.39, 0.29) is 5.82 Å². The molecule has 0 aliphatic heterocycles. The Morgan fingerprint density at radius 3 is 2.62 bits per heavy atom. The lowest BCUT2D eigenvalue weighted by molar-refractivity contribution is -0.141. The monoisotopic (exact) mass is 230 g/mol. The molecule has 0 N–H and O–H groups in total. The molecule has 0 aliphatic rings. The summed E-state index contributed by atoms with van der Waals surface area (Å²) < 4.78 is 50.4. The number of hydrogen-bond donors (Lipinski definition) is 0. The summed E-state index contributed by atoms with van der Waals surface area (Å²) in [5, 5.41) is 3.15. The van der Waals surface area contributed by atoms with E-state index in [0.29, 0.717) is 10.7 Å². The second-order valence-corrected chi connectivity index (χ2v) is 2.88. The fourth-order valence-electron chi connectivity index (χ4n) is 1.07. The molecule has 7 heteroatoms. The van der Waals surface area contributed by atoms with Crippen LogP contribution in [0.25, 0.3) is 5.82 Å². The molecule has 0 saturated heterocycles. The molecule has 2 heterocycles. The Bertz CT molecular complexity index is 503. The number of alkyl halides is 3. The maximum absolute atomic E-state index is 13.2. The first-order valence-corrected chi connectivity index (χ1v) is 4.14. The maximum Gasteiger partial charge on any atom is 0.435 e. The average Bonchev–Trinajstić information content (AvgIpc) is 2.66. The minimum absolute atomic E-state index is 0.321. The standard InChI is InChI=1S/C9H4F4N3/c10-6-2-1-4-14-8(6)16-5-3-7(15-16)9(11,12)13/h1-4H. The molecule has 0 spiro atoms. The van der Waals surface area contributed by atoms with Crippen molar-refractivity contribution >= 4 is 0 Å². The van der Waals surface area contributed by atoms with Crippen molar-refractivity contribution in [2.75, 3.05) is 0 Å². The topological polar surface area (TPSA) is 30.7 Å². The van der Waals surface area contributed by atoms with Crippen LogP contribution < -0.4 is 0 Å². The Morgan fingerprint density at radius 1 is 1.31 bits per heavy atom. The molecule has 0 amide bonds. The lowest BCUT2D eigenvalue weighted by Gasteiger charge is -2.02. The number of hydrogen-bond acceptors (Lipinski definition) is 2. The predicted octanol–water partition coefficient (Wildman–Crippen LogP) is 2.23. The van der Waals surface area contributed by atoms with E-state index >= 15 is 0 Å². The Morgan fingerprint density at radius 2 is 2.06 bits per heavy atom. The first-order valence-electron chi connectivity index (χ1n) is 4.14. The lowest BCUT2D eigenvalue weighted by Crippen LogP contribution is -2.08. The highest BCUT2D eigenvalue weighted by molar-refractivity contribution is 5.23. The largest absolute Gasteiger partial charge is 0.435 e. The maximum atomic E-state index is 13.2. The first-order chi connectivity index (χ1) is 7.48. The number of rotatable bonds is 1. The number of halogens is 4. The summed E-state index contributed by atoms with van der Waals surface area (Å²) in [6.07, 6.45) is -1.17. The van der Waals surface area contributed by atoms with E-state index in [4.69, 9.17) is 0 Å². The van der Waals surface area contributed by atoms with Crippen LogP contribution in [-0.2, 0) is 6.18 Å². The van der Waals surface area contributed by atoms with Gasteiger partial charge in [-0.3, -0.25) is 0 Å². The quantitative estimate of drug-likeness (QED) is 0.703. The van der Waals surface area contributed by atoms with Crippen LogP contribution >= 0.6 is 0 Å². The highest BCUT2D eigenvalue weighted by Crippen LogP contribution is 2.27. The Labute approximate surface area is 87.3 Å². The Kier molecular flexibility index (Phi) is 2.37. The summed E-state index contributed by atoms with van der Waals surface area (Å²) in [6.45, 7) is 0. The van der Waals surface area contributed by atoms with E-state index in [1.807, 2.05) is 0 Å². The van der Waals surface area contributed by atoms with Crippen molar-refractivity contribution < 1.29 is 17.6 Å². The first kappa shape index (κ1) is 10.6. The number of pyridine rings is 1. The van der Waals surface area contributed by atoms with Gasteiger partial charge in [-0.15, -0.1) is 0 Å². The fourth-order valence-corrected chi connectivity index (χ4v) is 1.07. The van der Waals surface area contributed by atoms with Crippen LogP contribution in [0.3, 0.4) is 0 Å². The Balaban J connectivity index is 2.44. The van der Waals surface area contributed by atoms with Crippen molar-refractivity contribution in [3.8, 4) is 5.82 Å². The summed E-state index contributed by atoms with van der Waals surface area (Å²) in [4.78, 5) is 3.57. The van der Waals surface area contributed by atoms with Crippen LogP contribution in [0.2, 0.25) is 0 Å². The van der Waals surface area contributed by atoms with Crippen molar-refractivity contribution in [2.45, 2.75) is 6.18 Å². The molecule has 0 saturated carbocycles. The van der Waals surface area contributed by atoms with Crippen molar-refractivity contribution in [3.63, 3.8) is 0 Å². The molecule has 0 bridgehead atoms. The van der Waals surface area contributed by atoms with Gasteiger partial charge in [0, 0.05) is 6.20 Å². The molecule has 2 aromatic heterocycles. The van der Waals surface area contributed by atoms with Gasteiger partial charge in [0.05, 0.1) is 6.20 Å². The van der Waals surface area contributed by atoms with Crippen molar-refractivity contribution in [1.82, 2.24) is 14.8 Å². The molecular formula is C9H4F4N3. The molecule has 2 aromatic rings. The van der Waals surface area contributed by atoms with Crippen molar-refractivity contribution in [1.29, 1.82) is 0 Å². The second kappa shape index (κ2) is 3.58. The van der Waals surface area contributed by atoms with E-state index in [2.05, 4.69) is 16.3 Å². The summed E-state index contributed by atoms with van der Waals surface area (Å²) in [5.74, 6) is -1.09. The highest BCUT2D eigenvalue weighted by atomic mass is 19.4. The zero-order valence-corrected chi connectivity index (χ0v) is 7.66. The van der Waals surface area contributed by atoms with Gasteiger partial charge >= 0.3 is 6.18 Å². The van der Waals surface area contributed by atoms with Gasteiger partial charge in [-0.05, 0) is 18.2 Å². The van der Waals surface area contributed by atoms with Gasteiger partial charge in [0.1, 0.15) is 0 Å². The second-order valence-electron chi connectivity index (χ2n) is 2.88. The molecule has 0 aromatic carbocycles. The van der Waals surface area contributed by atoms with E-state index < -0.39 is 17.7 Å². The van der Waals surface area contributed by atoms with Gasteiger partial charge in [-0.1, -0.05) is 0 Å². The fraction of sp³-hybridized carbons (Fsp3) is 0.111. The zero-order valence-electron chi connectivity index (χ0n) is 7.66. The molecule has 16 heavy (non-hydrogen) atoms. The third-order valence-electron chi connectivity index (χ3n) is 1.76. The molecular weight excluding hydrogens is 226 g/mol. The summed E-state index contributed by atoms with van der Waals surface area (Å²) in [7, 11) is 0. The molecule has 1 radical (unpaired) electrons. The van der Waals surface area contributed by atoms with Gasteiger partial charge in [-0.2, -0.15) is 18.3 Å². The minimum atomic E-state index is -4.58. The van der Waals surface area contributed by atoms with Crippen LogP contribution in [0.4, 0.5) is 17.6 Å². The van der Waals surface area contributed by atoms with E-state index in [1.54, 1.807) is 0 Å². The molecule has 2 rings (SSSR count). The number of aromatic nitrogens is 3. The Hall–Kier alpha value is -1.92. The zero-order chi connectivity index (χ0) is 11.8. The van der Waals surface area contributed by atoms with E-state index in [1.165, 1.54) is 12.3 Å². The summed E-state index contributed by atoms with van der Waals surface area (Å²) >= 11 is 0.